The number of anilines is 1. The number of amides is 1. The molecular formula is C15H24N4O. The smallest absolute Gasteiger partial charge is 0.254 e. The SMILES string of the molecule is CN(C)C(=O)c1ccc(N(C)CC2CCCN2C)nc1. The minimum absolute atomic E-state index is 0.0118. The fourth-order valence-corrected chi connectivity index (χ4v) is 2.62. The summed E-state index contributed by atoms with van der Waals surface area (Å²) in [6.07, 6.45) is 4.18. The van der Waals surface area contributed by atoms with Crippen molar-refractivity contribution in [3.63, 3.8) is 0 Å². The summed E-state index contributed by atoms with van der Waals surface area (Å²) in [5.41, 5.74) is 0.630. The van der Waals surface area contributed by atoms with Gasteiger partial charge in [0.05, 0.1) is 5.56 Å². The van der Waals surface area contributed by atoms with E-state index in [1.54, 1.807) is 25.2 Å². The molecule has 0 saturated carbocycles. The predicted octanol–water partition coefficient (Wildman–Crippen LogP) is 1.31. The van der Waals surface area contributed by atoms with Gasteiger partial charge >= 0.3 is 0 Å². The molecule has 0 radical (unpaired) electrons. The molecule has 1 unspecified atom stereocenters. The van der Waals surface area contributed by atoms with Crippen molar-refractivity contribution < 1.29 is 4.79 Å². The first-order chi connectivity index (χ1) is 9.49. The zero-order chi connectivity index (χ0) is 14.7. The van der Waals surface area contributed by atoms with E-state index in [1.165, 1.54) is 19.4 Å². The summed E-state index contributed by atoms with van der Waals surface area (Å²) >= 11 is 0. The number of pyridine rings is 1. The number of carbonyl (C=O) groups is 1. The van der Waals surface area contributed by atoms with Crippen LogP contribution in [-0.2, 0) is 0 Å². The van der Waals surface area contributed by atoms with Crippen LogP contribution in [-0.4, -0.2) is 68.0 Å². The maximum Gasteiger partial charge on any atom is 0.254 e. The van der Waals surface area contributed by atoms with Gasteiger partial charge in [-0.05, 0) is 38.6 Å². The zero-order valence-electron chi connectivity index (χ0n) is 12.8. The van der Waals surface area contributed by atoms with Crippen LogP contribution >= 0.6 is 0 Å². The van der Waals surface area contributed by atoms with Crippen LogP contribution in [0.4, 0.5) is 5.82 Å². The van der Waals surface area contributed by atoms with Crippen LogP contribution in [0.15, 0.2) is 18.3 Å². The Labute approximate surface area is 121 Å². The first-order valence-electron chi connectivity index (χ1n) is 7.08. The Morgan fingerprint density at radius 1 is 1.40 bits per heavy atom. The van der Waals surface area contributed by atoms with Crippen LogP contribution in [0.2, 0.25) is 0 Å². The highest BCUT2D eigenvalue weighted by molar-refractivity contribution is 5.93. The van der Waals surface area contributed by atoms with E-state index in [0.29, 0.717) is 11.6 Å². The van der Waals surface area contributed by atoms with Gasteiger partial charge in [-0.3, -0.25) is 4.79 Å². The van der Waals surface area contributed by atoms with Gasteiger partial charge in [-0.1, -0.05) is 0 Å². The van der Waals surface area contributed by atoms with Gasteiger partial charge < -0.3 is 14.7 Å². The molecule has 5 heteroatoms. The molecule has 2 heterocycles. The van der Waals surface area contributed by atoms with Crippen molar-refractivity contribution in [1.29, 1.82) is 0 Å². The topological polar surface area (TPSA) is 39.7 Å². The molecule has 0 spiro atoms. The second-order valence-corrected chi connectivity index (χ2v) is 5.76. The van der Waals surface area contributed by atoms with Crippen molar-refractivity contribution in [2.75, 3.05) is 46.2 Å². The van der Waals surface area contributed by atoms with Crippen LogP contribution in [0.1, 0.15) is 23.2 Å². The van der Waals surface area contributed by atoms with E-state index < -0.39 is 0 Å². The van der Waals surface area contributed by atoms with E-state index in [-0.39, 0.29) is 5.91 Å². The van der Waals surface area contributed by atoms with Gasteiger partial charge in [0.15, 0.2) is 0 Å². The molecule has 0 bridgehead atoms. The standard InChI is InChI=1S/C15H24N4O/c1-17(2)15(20)12-7-8-14(16-10-12)19(4)11-13-6-5-9-18(13)3/h7-8,10,13H,5-6,9,11H2,1-4H3. The van der Waals surface area contributed by atoms with Gasteiger partial charge in [-0.25, -0.2) is 4.98 Å². The minimum atomic E-state index is -0.0118. The molecule has 1 aliphatic heterocycles. The summed E-state index contributed by atoms with van der Waals surface area (Å²) in [5, 5.41) is 0. The highest BCUT2D eigenvalue weighted by Crippen LogP contribution is 2.18. The zero-order valence-corrected chi connectivity index (χ0v) is 12.8. The van der Waals surface area contributed by atoms with E-state index in [1.807, 2.05) is 12.1 Å². The third-order valence-electron chi connectivity index (χ3n) is 3.95. The van der Waals surface area contributed by atoms with Gasteiger partial charge in [0, 0.05) is 39.9 Å². The Hall–Kier alpha value is -1.62. The van der Waals surface area contributed by atoms with Crippen molar-refractivity contribution in [2.24, 2.45) is 0 Å². The lowest BCUT2D eigenvalue weighted by molar-refractivity contribution is 0.0827. The second-order valence-electron chi connectivity index (χ2n) is 5.76. The summed E-state index contributed by atoms with van der Waals surface area (Å²) in [4.78, 5) is 22.4. The summed E-state index contributed by atoms with van der Waals surface area (Å²) in [5.74, 6) is 0.905. The van der Waals surface area contributed by atoms with Gasteiger partial charge in [-0.15, -0.1) is 0 Å². The molecule has 0 N–H and O–H groups in total. The molecule has 110 valence electrons. The Kier molecular flexibility index (Phi) is 4.60. The summed E-state index contributed by atoms with van der Waals surface area (Å²) in [6, 6.07) is 4.37. The van der Waals surface area contributed by atoms with E-state index in [0.717, 1.165) is 12.4 Å². The normalized spacial score (nSPS) is 19.1. The lowest BCUT2D eigenvalue weighted by Gasteiger charge is -2.26. The molecule has 1 saturated heterocycles. The fourth-order valence-electron chi connectivity index (χ4n) is 2.62. The van der Waals surface area contributed by atoms with Crippen molar-refractivity contribution >= 4 is 11.7 Å². The van der Waals surface area contributed by atoms with Gasteiger partial charge in [0.2, 0.25) is 0 Å². The summed E-state index contributed by atoms with van der Waals surface area (Å²) in [7, 11) is 7.73. The molecular weight excluding hydrogens is 252 g/mol. The Bertz CT molecular complexity index is 457. The number of likely N-dealkylation sites (N-methyl/N-ethyl adjacent to an activating group) is 2. The van der Waals surface area contributed by atoms with Crippen LogP contribution in [0.3, 0.4) is 0 Å². The number of hydrogen-bond donors (Lipinski definition) is 0. The number of nitrogens with zero attached hydrogens (tertiary/aromatic N) is 4. The van der Waals surface area contributed by atoms with Gasteiger partial charge in [0.1, 0.15) is 5.82 Å². The number of rotatable bonds is 4. The van der Waals surface area contributed by atoms with Crippen molar-refractivity contribution in [2.45, 2.75) is 18.9 Å². The maximum atomic E-state index is 11.8. The lowest BCUT2D eigenvalue weighted by atomic mass is 10.2. The van der Waals surface area contributed by atoms with Crippen molar-refractivity contribution in [3.8, 4) is 0 Å². The molecule has 1 aliphatic rings. The van der Waals surface area contributed by atoms with Crippen molar-refractivity contribution in [3.05, 3.63) is 23.9 Å². The molecule has 1 amide bonds. The molecule has 0 aromatic carbocycles. The largest absolute Gasteiger partial charge is 0.358 e. The van der Waals surface area contributed by atoms with Gasteiger partial charge in [-0.2, -0.15) is 0 Å². The molecule has 1 atom stereocenters. The highest BCUT2D eigenvalue weighted by atomic mass is 16.2. The van der Waals surface area contributed by atoms with E-state index in [9.17, 15) is 4.79 Å². The van der Waals surface area contributed by atoms with Crippen LogP contribution < -0.4 is 4.90 Å². The van der Waals surface area contributed by atoms with E-state index in [2.05, 4.69) is 28.9 Å². The molecule has 1 fully saturated rings. The first kappa shape index (κ1) is 14.8. The number of carbonyl (C=O) groups excluding carboxylic acids is 1. The lowest BCUT2D eigenvalue weighted by Crippen LogP contribution is -2.37. The number of likely N-dealkylation sites (tertiary alicyclic amines) is 1. The Morgan fingerprint density at radius 2 is 2.15 bits per heavy atom. The Morgan fingerprint density at radius 3 is 2.65 bits per heavy atom. The second kappa shape index (κ2) is 6.22. The number of hydrogen-bond acceptors (Lipinski definition) is 4. The van der Waals surface area contributed by atoms with Crippen LogP contribution in [0.25, 0.3) is 0 Å². The minimum Gasteiger partial charge on any atom is -0.358 e. The predicted molar refractivity (Wildman–Crippen MR) is 81.2 cm³/mol. The highest BCUT2D eigenvalue weighted by Gasteiger charge is 2.22. The summed E-state index contributed by atoms with van der Waals surface area (Å²) in [6.45, 7) is 2.16. The van der Waals surface area contributed by atoms with Crippen LogP contribution in [0.5, 0.6) is 0 Å². The molecule has 1 aromatic rings. The fraction of sp³-hybridized carbons (Fsp3) is 0.600. The monoisotopic (exact) mass is 276 g/mol. The number of aromatic nitrogens is 1. The van der Waals surface area contributed by atoms with Crippen molar-refractivity contribution in [1.82, 2.24) is 14.8 Å². The average molecular weight is 276 g/mol. The quantitative estimate of drug-likeness (QED) is 0.831. The molecule has 20 heavy (non-hydrogen) atoms. The molecule has 5 nitrogen and oxygen atoms in total. The molecule has 1 aromatic heterocycles. The first-order valence-corrected chi connectivity index (χ1v) is 7.08. The Balaban J connectivity index is 2.00. The third kappa shape index (κ3) is 3.28. The van der Waals surface area contributed by atoms with E-state index >= 15 is 0 Å². The van der Waals surface area contributed by atoms with E-state index in [4.69, 9.17) is 0 Å². The van der Waals surface area contributed by atoms with Gasteiger partial charge in [0.25, 0.3) is 5.91 Å². The molecule has 2 rings (SSSR count). The average Bonchev–Trinajstić information content (AvgIpc) is 2.83. The maximum absolute atomic E-state index is 11.8. The van der Waals surface area contributed by atoms with Crippen LogP contribution in [0, 0.1) is 0 Å². The molecule has 0 aliphatic carbocycles. The summed E-state index contributed by atoms with van der Waals surface area (Å²) < 4.78 is 0. The third-order valence-corrected chi connectivity index (χ3v) is 3.95.